The standard InChI is InChI=1S/C27H24ClN3O3/c1-3-15-33-27(22-10-12-23(28)13-11-22)24-18-31(30-29-24)17-21-9-14-25(32-2)26(16-21)34-19-20-7-5-4-6-8-20/h1,4-14,16,18,27H,15,17,19H2,2H3. The zero-order valence-electron chi connectivity index (χ0n) is 18.7. The van der Waals surface area contributed by atoms with Crippen LogP contribution in [0.1, 0.15) is 28.5 Å². The van der Waals surface area contributed by atoms with E-state index < -0.39 is 6.10 Å². The van der Waals surface area contributed by atoms with E-state index in [1.807, 2.05) is 79.0 Å². The number of methoxy groups -OCH3 is 1. The van der Waals surface area contributed by atoms with Gasteiger partial charge in [-0.25, -0.2) is 4.68 Å². The summed E-state index contributed by atoms with van der Waals surface area (Å²) in [6.07, 6.45) is 6.81. The van der Waals surface area contributed by atoms with Gasteiger partial charge in [0, 0.05) is 5.02 Å². The van der Waals surface area contributed by atoms with E-state index in [0.29, 0.717) is 35.4 Å². The number of benzene rings is 3. The SMILES string of the molecule is C#CCOC(c1ccc(Cl)cc1)c1cn(Cc2ccc(OC)c(OCc3ccccc3)c2)nn1. The minimum absolute atomic E-state index is 0.154. The topological polar surface area (TPSA) is 58.4 Å². The van der Waals surface area contributed by atoms with Crippen molar-refractivity contribution >= 4 is 11.6 Å². The van der Waals surface area contributed by atoms with Crippen molar-refractivity contribution in [1.29, 1.82) is 0 Å². The number of ether oxygens (including phenoxy) is 3. The highest BCUT2D eigenvalue weighted by Gasteiger charge is 2.19. The van der Waals surface area contributed by atoms with Crippen LogP contribution in [0.5, 0.6) is 11.5 Å². The largest absolute Gasteiger partial charge is 0.493 e. The van der Waals surface area contributed by atoms with Crippen molar-refractivity contribution in [2.45, 2.75) is 19.3 Å². The van der Waals surface area contributed by atoms with Gasteiger partial charge in [0.25, 0.3) is 0 Å². The lowest BCUT2D eigenvalue weighted by atomic mass is 10.1. The second kappa shape index (κ2) is 11.4. The van der Waals surface area contributed by atoms with Crippen molar-refractivity contribution < 1.29 is 14.2 Å². The Hall–Kier alpha value is -3.79. The van der Waals surface area contributed by atoms with E-state index in [1.165, 1.54) is 0 Å². The molecule has 0 N–H and O–H groups in total. The van der Waals surface area contributed by atoms with Gasteiger partial charge in [-0.1, -0.05) is 71.3 Å². The molecule has 34 heavy (non-hydrogen) atoms. The Labute approximate surface area is 204 Å². The van der Waals surface area contributed by atoms with Gasteiger partial charge in [-0.3, -0.25) is 0 Å². The average molecular weight is 474 g/mol. The fraction of sp³-hybridized carbons (Fsp3) is 0.185. The van der Waals surface area contributed by atoms with E-state index >= 15 is 0 Å². The number of hydrogen-bond acceptors (Lipinski definition) is 5. The number of hydrogen-bond donors (Lipinski definition) is 0. The molecule has 4 aromatic rings. The van der Waals surface area contributed by atoms with Crippen molar-refractivity contribution in [2.24, 2.45) is 0 Å². The Morgan fingerprint density at radius 3 is 2.53 bits per heavy atom. The van der Waals surface area contributed by atoms with Gasteiger partial charge in [0.2, 0.25) is 0 Å². The smallest absolute Gasteiger partial charge is 0.162 e. The first-order valence-electron chi connectivity index (χ1n) is 10.7. The Balaban J connectivity index is 1.51. The zero-order valence-corrected chi connectivity index (χ0v) is 19.5. The van der Waals surface area contributed by atoms with Gasteiger partial charge in [-0.2, -0.15) is 0 Å². The molecule has 0 amide bonds. The molecular weight excluding hydrogens is 450 g/mol. The van der Waals surface area contributed by atoms with E-state index in [4.69, 9.17) is 32.2 Å². The summed E-state index contributed by atoms with van der Waals surface area (Å²) in [6.45, 7) is 1.10. The summed E-state index contributed by atoms with van der Waals surface area (Å²) < 4.78 is 19.1. The second-order valence-corrected chi connectivity index (χ2v) is 7.98. The molecule has 0 saturated heterocycles. The molecule has 1 unspecified atom stereocenters. The third kappa shape index (κ3) is 5.96. The average Bonchev–Trinajstić information content (AvgIpc) is 3.33. The summed E-state index contributed by atoms with van der Waals surface area (Å²) in [5, 5.41) is 9.26. The van der Waals surface area contributed by atoms with E-state index in [1.54, 1.807) is 11.8 Å². The van der Waals surface area contributed by atoms with Crippen molar-refractivity contribution in [2.75, 3.05) is 13.7 Å². The molecule has 4 rings (SSSR count). The number of halogens is 1. The predicted molar refractivity (Wildman–Crippen MR) is 131 cm³/mol. The van der Waals surface area contributed by atoms with Gasteiger partial charge in [0.1, 0.15) is 25.0 Å². The predicted octanol–water partition coefficient (Wildman–Crippen LogP) is 5.31. The van der Waals surface area contributed by atoms with Gasteiger partial charge in [-0.05, 0) is 41.0 Å². The third-order valence-electron chi connectivity index (χ3n) is 5.14. The lowest BCUT2D eigenvalue weighted by Gasteiger charge is -2.14. The van der Waals surface area contributed by atoms with Crippen LogP contribution in [-0.4, -0.2) is 28.7 Å². The molecule has 1 heterocycles. The van der Waals surface area contributed by atoms with Crippen molar-refractivity contribution in [3.63, 3.8) is 0 Å². The normalized spacial score (nSPS) is 11.6. The van der Waals surface area contributed by atoms with E-state index in [9.17, 15) is 0 Å². The minimum atomic E-state index is -0.442. The van der Waals surface area contributed by atoms with Crippen LogP contribution in [0.3, 0.4) is 0 Å². The lowest BCUT2D eigenvalue weighted by Crippen LogP contribution is -2.07. The molecule has 6 nitrogen and oxygen atoms in total. The lowest BCUT2D eigenvalue weighted by molar-refractivity contribution is 0.105. The van der Waals surface area contributed by atoms with Gasteiger partial charge < -0.3 is 14.2 Å². The Bertz CT molecular complexity index is 1250. The van der Waals surface area contributed by atoms with E-state index in [0.717, 1.165) is 16.7 Å². The zero-order chi connectivity index (χ0) is 23.8. The van der Waals surface area contributed by atoms with Crippen LogP contribution in [-0.2, 0) is 17.9 Å². The first kappa shape index (κ1) is 23.4. The fourth-order valence-electron chi connectivity index (χ4n) is 3.49. The molecule has 1 aromatic heterocycles. The number of nitrogens with zero attached hydrogens (tertiary/aromatic N) is 3. The van der Waals surface area contributed by atoms with E-state index in [2.05, 4.69) is 16.2 Å². The highest BCUT2D eigenvalue weighted by molar-refractivity contribution is 6.30. The molecule has 1 atom stereocenters. The monoisotopic (exact) mass is 473 g/mol. The summed E-state index contributed by atoms with van der Waals surface area (Å²) in [5.74, 6) is 3.85. The molecule has 7 heteroatoms. The summed E-state index contributed by atoms with van der Waals surface area (Å²) >= 11 is 6.03. The van der Waals surface area contributed by atoms with Crippen LogP contribution in [0.4, 0.5) is 0 Å². The van der Waals surface area contributed by atoms with Crippen molar-refractivity contribution in [3.05, 3.63) is 106 Å². The summed E-state index contributed by atoms with van der Waals surface area (Å²) in [5.41, 5.74) is 3.63. The first-order chi connectivity index (χ1) is 16.7. The van der Waals surface area contributed by atoms with Crippen LogP contribution < -0.4 is 9.47 Å². The minimum Gasteiger partial charge on any atom is -0.493 e. The van der Waals surface area contributed by atoms with Crippen LogP contribution in [0.15, 0.2) is 79.0 Å². The Morgan fingerprint density at radius 2 is 1.79 bits per heavy atom. The number of terminal acetylenes is 1. The third-order valence-corrected chi connectivity index (χ3v) is 5.39. The summed E-state index contributed by atoms with van der Waals surface area (Å²) in [7, 11) is 1.63. The maximum Gasteiger partial charge on any atom is 0.162 e. The molecule has 0 saturated carbocycles. The van der Waals surface area contributed by atoms with Gasteiger partial charge in [0.15, 0.2) is 11.5 Å². The van der Waals surface area contributed by atoms with Crippen LogP contribution >= 0.6 is 11.6 Å². The Morgan fingerprint density at radius 1 is 1.00 bits per heavy atom. The highest BCUT2D eigenvalue weighted by Crippen LogP contribution is 2.30. The highest BCUT2D eigenvalue weighted by atomic mass is 35.5. The molecule has 0 aliphatic carbocycles. The maximum atomic E-state index is 6.03. The second-order valence-electron chi connectivity index (χ2n) is 7.55. The van der Waals surface area contributed by atoms with Crippen molar-refractivity contribution in [1.82, 2.24) is 15.0 Å². The van der Waals surface area contributed by atoms with Gasteiger partial charge in [-0.15, -0.1) is 11.5 Å². The first-order valence-corrected chi connectivity index (χ1v) is 11.1. The van der Waals surface area contributed by atoms with E-state index in [-0.39, 0.29) is 6.61 Å². The van der Waals surface area contributed by atoms with Gasteiger partial charge in [0.05, 0.1) is 19.9 Å². The molecule has 0 radical (unpaired) electrons. The molecule has 172 valence electrons. The number of aromatic nitrogens is 3. The Kier molecular flexibility index (Phi) is 7.82. The summed E-state index contributed by atoms with van der Waals surface area (Å²) in [4.78, 5) is 0. The van der Waals surface area contributed by atoms with Crippen molar-refractivity contribution in [3.8, 4) is 23.8 Å². The van der Waals surface area contributed by atoms with Crippen LogP contribution in [0, 0.1) is 12.3 Å². The quantitative estimate of drug-likeness (QED) is 0.292. The molecule has 3 aromatic carbocycles. The number of rotatable bonds is 10. The van der Waals surface area contributed by atoms with Crippen LogP contribution in [0.25, 0.3) is 0 Å². The molecule has 0 aliphatic heterocycles. The molecule has 0 bridgehead atoms. The maximum absolute atomic E-state index is 6.03. The molecular formula is C27H24ClN3O3. The van der Waals surface area contributed by atoms with Gasteiger partial charge >= 0.3 is 0 Å². The molecule has 0 fully saturated rings. The summed E-state index contributed by atoms with van der Waals surface area (Å²) in [6, 6.07) is 23.2. The molecule has 0 spiro atoms. The van der Waals surface area contributed by atoms with Crippen LogP contribution in [0.2, 0.25) is 5.02 Å². The fourth-order valence-corrected chi connectivity index (χ4v) is 3.61. The molecule has 0 aliphatic rings.